The van der Waals surface area contributed by atoms with Gasteiger partial charge in [0.1, 0.15) is 17.5 Å². The van der Waals surface area contributed by atoms with Gasteiger partial charge in [-0.25, -0.2) is 4.90 Å². The molecule has 1 N–H and O–H groups in total. The van der Waals surface area contributed by atoms with Gasteiger partial charge in [0.2, 0.25) is 17.7 Å². The Hall–Kier alpha value is -4.67. The molecule has 2 aliphatic heterocycles. The first-order valence-corrected chi connectivity index (χ1v) is 15.4. The van der Waals surface area contributed by atoms with Crippen LogP contribution in [0.4, 0.5) is 11.4 Å². The van der Waals surface area contributed by atoms with Gasteiger partial charge in [-0.2, -0.15) is 0 Å². The highest BCUT2D eigenvalue weighted by Crippen LogP contribution is 2.55. The topological polar surface area (TPSA) is 97.7 Å². The summed E-state index contributed by atoms with van der Waals surface area (Å²) in [4.78, 5) is 56.3. The predicted octanol–water partition coefficient (Wildman–Crippen LogP) is 5.51. The number of imide groups is 1. The summed E-state index contributed by atoms with van der Waals surface area (Å²) in [5, 5.41) is 4.58. The Morgan fingerprint density at radius 2 is 1.58 bits per heavy atom. The van der Waals surface area contributed by atoms with Crippen LogP contribution in [0.2, 0.25) is 0 Å². The van der Waals surface area contributed by atoms with E-state index in [-0.39, 0.29) is 29.1 Å². The number of hydrogen-bond acceptors (Lipinski definition) is 7. The number of benzene rings is 4. The number of fused-ring (bicyclic) bond motifs is 3. The summed E-state index contributed by atoms with van der Waals surface area (Å²) in [6.07, 6.45) is 0. The quantitative estimate of drug-likeness (QED) is 0.256. The van der Waals surface area contributed by atoms with Crippen LogP contribution in [0.1, 0.15) is 16.4 Å². The Kier molecular flexibility index (Phi) is 6.87. The number of amides is 3. The second-order valence-electron chi connectivity index (χ2n) is 10.3. The fraction of sp³-hybridized carbons (Fsp3) is 0.152. The predicted molar refractivity (Wildman–Crippen MR) is 168 cm³/mol. The molecule has 1 fully saturated rings. The number of rotatable bonds is 6. The minimum atomic E-state index is -0.781. The SMILES string of the molecule is COc1ccccc1C1c2sc(=O)n(CC(=O)Nc3cccc4ccccc34)c2SC2C(=O)N(c3ccccc3)C(=O)C21. The Balaban J connectivity index is 1.30. The minimum absolute atomic E-state index is 0.235. The zero-order valence-electron chi connectivity index (χ0n) is 22.9. The molecule has 3 amide bonds. The molecule has 214 valence electrons. The van der Waals surface area contributed by atoms with Gasteiger partial charge >= 0.3 is 4.87 Å². The lowest BCUT2D eigenvalue weighted by atomic mass is 9.82. The van der Waals surface area contributed by atoms with Gasteiger partial charge < -0.3 is 10.1 Å². The maximum atomic E-state index is 14.0. The molecule has 0 bridgehead atoms. The third-order valence-corrected chi connectivity index (χ3v) is 10.5. The number of nitrogens with zero attached hydrogens (tertiary/aromatic N) is 2. The fourth-order valence-electron chi connectivity index (χ4n) is 6.01. The van der Waals surface area contributed by atoms with Crippen molar-refractivity contribution in [1.29, 1.82) is 0 Å². The van der Waals surface area contributed by atoms with Crippen LogP contribution in [0.3, 0.4) is 0 Å². The number of para-hydroxylation sites is 2. The van der Waals surface area contributed by atoms with Gasteiger partial charge in [-0.1, -0.05) is 95.9 Å². The second-order valence-corrected chi connectivity index (χ2v) is 12.5. The molecule has 7 rings (SSSR count). The Morgan fingerprint density at radius 3 is 2.40 bits per heavy atom. The fourth-order valence-corrected chi connectivity index (χ4v) is 8.78. The van der Waals surface area contributed by atoms with E-state index >= 15 is 0 Å². The van der Waals surface area contributed by atoms with Crippen molar-refractivity contribution in [3.05, 3.63) is 117 Å². The number of methoxy groups -OCH3 is 1. The highest BCUT2D eigenvalue weighted by molar-refractivity contribution is 8.00. The smallest absolute Gasteiger partial charge is 0.308 e. The van der Waals surface area contributed by atoms with Crippen LogP contribution in [-0.2, 0) is 20.9 Å². The van der Waals surface area contributed by atoms with E-state index in [1.54, 1.807) is 37.4 Å². The molecular weight excluding hydrogens is 583 g/mol. The van der Waals surface area contributed by atoms with E-state index in [0.717, 1.165) is 22.1 Å². The molecule has 3 atom stereocenters. The maximum Gasteiger partial charge on any atom is 0.308 e. The van der Waals surface area contributed by atoms with Crippen molar-refractivity contribution >= 4 is 63.0 Å². The first-order valence-electron chi connectivity index (χ1n) is 13.7. The molecule has 1 saturated heterocycles. The van der Waals surface area contributed by atoms with Gasteiger partial charge in [-0.3, -0.25) is 23.7 Å². The maximum absolute atomic E-state index is 14.0. The molecule has 5 aromatic rings. The third-order valence-electron chi connectivity index (χ3n) is 7.90. The number of hydrogen-bond donors (Lipinski definition) is 1. The number of thiazole rings is 1. The number of aromatic nitrogens is 1. The van der Waals surface area contributed by atoms with Crippen molar-refractivity contribution in [2.24, 2.45) is 5.92 Å². The van der Waals surface area contributed by atoms with E-state index in [0.29, 0.717) is 32.6 Å². The van der Waals surface area contributed by atoms with Crippen LogP contribution < -0.4 is 19.8 Å². The molecule has 0 radical (unpaired) electrons. The molecule has 0 saturated carbocycles. The van der Waals surface area contributed by atoms with Gasteiger partial charge in [-0.15, -0.1) is 0 Å². The monoisotopic (exact) mass is 607 g/mol. The lowest BCUT2D eigenvalue weighted by Gasteiger charge is -2.31. The van der Waals surface area contributed by atoms with E-state index in [2.05, 4.69) is 5.32 Å². The van der Waals surface area contributed by atoms with Crippen LogP contribution >= 0.6 is 23.1 Å². The van der Waals surface area contributed by atoms with Crippen molar-refractivity contribution in [3.63, 3.8) is 0 Å². The molecule has 0 spiro atoms. The van der Waals surface area contributed by atoms with Crippen molar-refractivity contribution in [2.75, 3.05) is 17.3 Å². The molecule has 10 heteroatoms. The van der Waals surface area contributed by atoms with Crippen LogP contribution in [0, 0.1) is 5.92 Å². The third kappa shape index (κ3) is 4.54. The van der Waals surface area contributed by atoms with Crippen molar-refractivity contribution in [1.82, 2.24) is 4.57 Å². The first-order chi connectivity index (χ1) is 21.0. The van der Waals surface area contributed by atoms with E-state index in [1.165, 1.54) is 21.2 Å². The van der Waals surface area contributed by atoms with E-state index in [4.69, 9.17) is 4.74 Å². The van der Waals surface area contributed by atoms with Gasteiger partial charge in [-0.05, 0) is 29.7 Å². The molecule has 4 aromatic carbocycles. The number of thioether (sulfide) groups is 1. The second kappa shape index (κ2) is 10.9. The summed E-state index contributed by atoms with van der Waals surface area (Å²) in [5.74, 6) is -1.84. The Bertz CT molecular complexity index is 1960. The largest absolute Gasteiger partial charge is 0.496 e. The summed E-state index contributed by atoms with van der Waals surface area (Å²) in [7, 11) is 1.55. The Labute approximate surface area is 254 Å². The van der Waals surface area contributed by atoms with Crippen molar-refractivity contribution in [2.45, 2.75) is 22.7 Å². The van der Waals surface area contributed by atoms with Crippen LogP contribution in [0.15, 0.2) is 107 Å². The summed E-state index contributed by atoms with van der Waals surface area (Å²) in [6, 6.07) is 29.6. The molecule has 2 aliphatic rings. The molecule has 8 nitrogen and oxygen atoms in total. The van der Waals surface area contributed by atoms with Gasteiger partial charge in [0.05, 0.1) is 23.7 Å². The van der Waals surface area contributed by atoms with Crippen LogP contribution in [0.5, 0.6) is 5.75 Å². The van der Waals surface area contributed by atoms with Crippen molar-refractivity contribution in [3.8, 4) is 5.75 Å². The van der Waals surface area contributed by atoms with Gasteiger partial charge in [0.25, 0.3) is 0 Å². The zero-order chi connectivity index (χ0) is 29.7. The number of carbonyl (C=O) groups is 3. The lowest BCUT2D eigenvalue weighted by Crippen LogP contribution is -2.33. The average molecular weight is 608 g/mol. The summed E-state index contributed by atoms with van der Waals surface area (Å²) in [5.41, 5.74) is 1.86. The average Bonchev–Trinajstić information content (AvgIpc) is 3.47. The molecule has 3 unspecified atom stereocenters. The zero-order valence-corrected chi connectivity index (χ0v) is 24.6. The minimum Gasteiger partial charge on any atom is -0.496 e. The number of ether oxygens (including phenoxy) is 1. The van der Waals surface area contributed by atoms with E-state index in [1.807, 2.05) is 66.7 Å². The number of carbonyl (C=O) groups excluding carboxylic acids is 3. The molecular formula is C33H25N3O5S2. The van der Waals surface area contributed by atoms with E-state index in [9.17, 15) is 19.2 Å². The lowest BCUT2D eigenvalue weighted by molar-refractivity contribution is -0.122. The van der Waals surface area contributed by atoms with Crippen LogP contribution in [-0.4, -0.2) is 34.6 Å². The van der Waals surface area contributed by atoms with E-state index < -0.39 is 17.1 Å². The molecule has 43 heavy (non-hydrogen) atoms. The summed E-state index contributed by atoms with van der Waals surface area (Å²) >= 11 is 2.20. The summed E-state index contributed by atoms with van der Waals surface area (Å²) < 4.78 is 7.10. The van der Waals surface area contributed by atoms with Crippen LogP contribution in [0.25, 0.3) is 10.8 Å². The molecule has 1 aromatic heterocycles. The highest BCUT2D eigenvalue weighted by Gasteiger charge is 2.57. The highest BCUT2D eigenvalue weighted by atomic mass is 32.2. The first kappa shape index (κ1) is 27.2. The standard InChI is InChI=1S/C33H25N3O5S2/c1-41-24-17-8-7-15-22(24)26-27-28(31(39)36(30(27)38)20-12-3-2-4-13-20)42-32-29(26)43-33(40)35(32)18-25(37)34-23-16-9-11-19-10-5-6-14-21(19)23/h2-17,26-28H,18H2,1H3,(H,34,37). The van der Waals surface area contributed by atoms with Gasteiger partial charge in [0, 0.05) is 27.4 Å². The van der Waals surface area contributed by atoms with Crippen molar-refractivity contribution < 1.29 is 19.1 Å². The van der Waals surface area contributed by atoms with Gasteiger partial charge in [0.15, 0.2) is 0 Å². The number of anilines is 2. The Morgan fingerprint density at radius 1 is 0.860 bits per heavy atom. The summed E-state index contributed by atoms with van der Waals surface area (Å²) in [6.45, 7) is -0.235. The molecule has 0 aliphatic carbocycles. The number of nitrogens with one attached hydrogen (secondary N) is 1. The normalized spacial score (nSPS) is 19.3. The molecule has 3 heterocycles.